The normalized spacial score (nSPS) is 16.9. The van der Waals surface area contributed by atoms with Crippen LogP contribution in [0, 0.1) is 16.0 Å². The van der Waals surface area contributed by atoms with E-state index in [-0.39, 0.29) is 16.5 Å². The van der Waals surface area contributed by atoms with E-state index in [0.717, 1.165) is 0 Å². The van der Waals surface area contributed by atoms with Crippen LogP contribution in [-0.4, -0.2) is 27.4 Å². The summed E-state index contributed by atoms with van der Waals surface area (Å²) in [5.41, 5.74) is -1.91. The van der Waals surface area contributed by atoms with Gasteiger partial charge in [-0.15, -0.1) is 0 Å². The van der Waals surface area contributed by atoms with Crippen LogP contribution in [0.25, 0.3) is 0 Å². The van der Waals surface area contributed by atoms with Gasteiger partial charge in [-0.05, 0) is 31.7 Å². The van der Waals surface area contributed by atoms with E-state index in [1.54, 1.807) is 0 Å². The van der Waals surface area contributed by atoms with Gasteiger partial charge in [0.2, 0.25) is 0 Å². The maximum Gasteiger partial charge on any atom is 0.329 e. The number of hydrogen-bond acceptors (Lipinski definition) is 4. The first-order valence-electron chi connectivity index (χ1n) is 6.26. The molecule has 1 amide bonds. The molecular formula is C13H13ClN2O5. The molecule has 0 radical (unpaired) electrons. The Morgan fingerprint density at radius 3 is 2.57 bits per heavy atom. The van der Waals surface area contributed by atoms with Crippen LogP contribution in [0.4, 0.5) is 5.69 Å². The number of aliphatic carboxylic acids is 1. The minimum Gasteiger partial charge on any atom is -0.480 e. The SMILES string of the molecule is CC(NC(=O)c1cccc([N+](=O)[O-])c1Cl)(C(=O)O)C1CC1. The molecule has 2 rings (SSSR count). The number of hydrogen-bond donors (Lipinski definition) is 2. The van der Waals surface area contributed by atoms with Crippen molar-refractivity contribution in [2.24, 2.45) is 5.92 Å². The molecule has 0 spiro atoms. The Morgan fingerprint density at radius 1 is 1.48 bits per heavy atom. The summed E-state index contributed by atoms with van der Waals surface area (Å²) in [6, 6.07) is 3.82. The Bertz CT molecular complexity index is 629. The van der Waals surface area contributed by atoms with E-state index >= 15 is 0 Å². The number of nitro groups is 1. The van der Waals surface area contributed by atoms with Gasteiger partial charge < -0.3 is 10.4 Å². The highest BCUT2D eigenvalue weighted by atomic mass is 35.5. The molecule has 8 heteroatoms. The Hall–Kier alpha value is -2.15. The van der Waals surface area contributed by atoms with Gasteiger partial charge in [-0.3, -0.25) is 14.9 Å². The van der Waals surface area contributed by atoms with Crippen molar-refractivity contribution in [2.45, 2.75) is 25.3 Å². The van der Waals surface area contributed by atoms with Crippen molar-refractivity contribution in [3.05, 3.63) is 38.9 Å². The molecule has 0 aromatic heterocycles. The van der Waals surface area contributed by atoms with Crippen molar-refractivity contribution in [1.29, 1.82) is 0 Å². The van der Waals surface area contributed by atoms with Crippen LogP contribution in [0.5, 0.6) is 0 Å². The first-order chi connectivity index (χ1) is 9.77. The van der Waals surface area contributed by atoms with E-state index in [1.807, 2.05) is 0 Å². The molecule has 0 aliphatic heterocycles. The quantitative estimate of drug-likeness (QED) is 0.640. The highest BCUT2D eigenvalue weighted by molar-refractivity contribution is 6.35. The van der Waals surface area contributed by atoms with Crippen LogP contribution in [0.2, 0.25) is 5.02 Å². The average Bonchev–Trinajstić information content (AvgIpc) is 3.22. The molecule has 1 aromatic carbocycles. The van der Waals surface area contributed by atoms with Crippen molar-refractivity contribution in [3.8, 4) is 0 Å². The molecule has 2 N–H and O–H groups in total. The van der Waals surface area contributed by atoms with Crippen molar-refractivity contribution in [3.63, 3.8) is 0 Å². The molecule has 21 heavy (non-hydrogen) atoms. The summed E-state index contributed by atoms with van der Waals surface area (Å²) in [5, 5.41) is 22.2. The molecule has 1 saturated carbocycles. The fraction of sp³-hybridized carbons (Fsp3) is 0.385. The number of carbonyl (C=O) groups is 2. The van der Waals surface area contributed by atoms with Gasteiger partial charge in [-0.2, -0.15) is 0 Å². The maximum atomic E-state index is 12.2. The molecule has 1 aliphatic carbocycles. The second-order valence-electron chi connectivity index (χ2n) is 5.13. The number of carboxylic acids is 1. The smallest absolute Gasteiger partial charge is 0.329 e. The fourth-order valence-corrected chi connectivity index (χ4v) is 2.41. The van der Waals surface area contributed by atoms with E-state index in [0.29, 0.717) is 12.8 Å². The van der Waals surface area contributed by atoms with Crippen molar-refractivity contribution in [1.82, 2.24) is 5.32 Å². The molecule has 7 nitrogen and oxygen atoms in total. The summed E-state index contributed by atoms with van der Waals surface area (Å²) < 4.78 is 0. The van der Waals surface area contributed by atoms with Gasteiger partial charge in [0.25, 0.3) is 11.6 Å². The first-order valence-corrected chi connectivity index (χ1v) is 6.64. The second kappa shape index (κ2) is 5.33. The number of halogens is 1. The lowest BCUT2D eigenvalue weighted by molar-refractivity contribution is -0.384. The van der Waals surface area contributed by atoms with Crippen LogP contribution in [0.15, 0.2) is 18.2 Å². The number of nitrogens with one attached hydrogen (secondary N) is 1. The van der Waals surface area contributed by atoms with Crippen LogP contribution in [0.3, 0.4) is 0 Å². The number of carboxylic acid groups (broad SMARTS) is 1. The van der Waals surface area contributed by atoms with E-state index < -0.39 is 28.0 Å². The fourth-order valence-electron chi connectivity index (χ4n) is 2.13. The molecule has 0 saturated heterocycles. The number of rotatable bonds is 5. The Morgan fingerprint density at radius 2 is 2.10 bits per heavy atom. The largest absolute Gasteiger partial charge is 0.480 e. The summed E-state index contributed by atoms with van der Waals surface area (Å²) >= 11 is 5.85. The lowest BCUT2D eigenvalue weighted by Crippen LogP contribution is -2.54. The zero-order chi connectivity index (χ0) is 15.8. The third-order valence-electron chi connectivity index (χ3n) is 3.63. The second-order valence-corrected chi connectivity index (χ2v) is 5.51. The summed E-state index contributed by atoms with van der Waals surface area (Å²) in [4.78, 5) is 33.7. The van der Waals surface area contributed by atoms with Gasteiger partial charge >= 0.3 is 5.97 Å². The molecule has 0 bridgehead atoms. The molecule has 112 valence electrons. The van der Waals surface area contributed by atoms with Gasteiger partial charge in [0.1, 0.15) is 10.6 Å². The third-order valence-corrected chi connectivity index (χ3v) is 4.03. The van der Waals surface area contributed by atoms with E-state index in [4.69, 9.17) is 11.6 Å². The van der Waals surface area contributed by atoms with Crippen LogP contribution in [0.1, 0.15) is 30.1 Å². The predicted octanol–water partition coefficient (Wildman–Crippen LogP) is 2.23. The summed E-state index contributed by atoms with van der Waals surface area (Å²) in [6.07, 6.45) is 1.43. The molecule has 1 fully saturated rings. The number of benzene rings is 1. The predicted molar refractivity (Wildman–Crippen MR) is 74.3 cm³/mol. The van der Waals surface area contributed by atoms with E-state index in [1.165, 1.54) is 25.1 Å². The number of carbonyl (C=O) groups excluding carboxylic acids is 1. The third kappa shape index (κ3) is 2.82. The van der Waals surface area contributed by atoms with E-state index in [2.05, 4.69) is 5.32 Å². The summed E-state index contributed by atoms with van der Waals surface area (Å²) in [5.74, 6) is -2.02. The zero-order valence-electron chi connectivity index (χ0n) is 11.1. The summed E-state index contributed by atoms with van der Waals surface area (Å²) in [6.45, 7) is 1.43. The molecule has 1 aromatic rings. The number of amides is 1. The van der Waals surface area contributed by atoms with Crippen LogP contribution >= 0.6 is 11.6 Å². The molecule has 1 aliphatic rings. The monoisotopic (exact) mass is 312 g/mol. The van der Waals surface area contributed by atoms with E-state index in [9.17, 15) is 24.8 Å². The zero-order valence-corrected chi connectivity index (χ0v) is 11.9. The van der Waals surface area contributed by atoms with Gasteiger partial charge in [0.15, 0.2) is 0 Å². The first kappa shape index (κ1) is 15.2. The molecular weight excluding hydrogens is 300 g/mol. The van der Waals surface area contributed by atoms with Gasteiger partial charge in [0.05, 0.1) is 10.5 Å². The topological polar surface area (TPSA) is 110 Å². The highest BCUT2D eigenvalue weighted by Crippen LogP contribution is 2.40. The Balaban J connectivity index is 2.30. The molecule has 1 atom stereocenters. The minimum absolute atomic E-state index is 0.112. The van der Waals surface area contributed by atoms with Gasteiger partial charge in [0, 0.05) is 6.07 Å². The Labute approximate surface area is 125 Å². The highest BCUT2D eigenvalue weighted by Gasteiger charge is 2.48. The van der Waals surface area contributed by atoms with Crippen LogP contribution in [-0.2, 0) is 4.79 Å². The van der Waals surface area contributed by atoms with Gasteiger partial charge in [-0.1, -0.05) is 17.7 Å². The average molecular weight is 313 g/mol. The summed E-state index contributed by atoms with van der Waals surface area (Å²) in [7, 11) is 0. The van der Waals surface area contributed by atoms with Crippen molar-refractivity contribution >= 4 is 29.2 Å². The van der Waals surface area contributed by atoms with Gasteiger partial charge in [-0.25, -0.2) is 4.79 Å². The maximum absolute atomic E-state index is 12.2. The standard InChI is InChI=1S/C13H13ClN2O5/c1-13(12(18)19,7-5-6-7)15-11(17)8-3-2-4-9(10(8)14)16(20)21/h2-4,7H,5-6H2,1H3,(H,15,17)(H,18,19). The van der Waals surface area contributed by atoms with Crippen LogP contribution < -0.4 is 5.32 Å². The number of nitrogens with zero attached hydrogens (tertiary/aromatic N) is 1. The molecule has 1 unspecified atom stereocenters. The molecule has 0 heterocycles. The van der Waals surface area contributed by atoms with Crippen molar-refractivity contribution < 1.29 is 19.6 Å². The lowest BCUT2D eigenvalue weighted by atomic mass is 9.95. The Kier molecular flexibility index (Phi) is 3.87. The lowest BCUT2D eigenvalue weighted by Gasteiger charge is -2.26. The minimum atomic E-state index is -1.40. The van der Waals surface area contributed by atoms with Crippen molar-refractivity contribution in [2.75, 3.05) is 0 Å². The number of nitro benzene ring substituents is 1.